The quantitative estimate of drug-likeness (QED) is 0.115. The Hall–Kier alpha value is -18.2. The number of aromatic nitrogens is 3. The number of hydrogen-bond acceptors (Lipinski definition) is 2. The van der Waals surface area contributed by atoms with E-state index in [1.54, 1.807) is 0 Å². The molecule has 2 spiro atoms. The molecule has 0 bridgehead atoms. The number of benzene rings is 22. The second kappa shape index (κ2) is 30.4. The van der Waals surface area contributed by atoms with Gasteiger partial charge in [0, 0.05) is 77.3 Å². The van der Waals surface area contributed by atoms with Gasteiger partial charge < -0.3 is 23.5 Å². The molecule has 30 rings (SSSR count). The summed E-state index contributed by atoms with van der Waals surface area (Å²) in [5, 5.41) is 7.35. The standard InChI is InChI=1S/C137H89N5/c1-135(2)115-53-18-9-44-103(115)108-74-70-98(83-122(108)135)139(126-61-24-15-43-102(126)95-40-28-37-90(79-95)87-34-7-4-8-35-87)100-72-77-131-124(85-100)137(118-56-21-12-47-106(118)107-48-13-22-57-119(107)137)121-59-31-52-113-111-73-66-93(82-132(111)142(131)134(113)121)92-67-75-129-114(81-92)110-50-17-25-62-127(110)140(129)97-41-29-38-91(80-97)88-64-68-96(69-65-88)138(125-60-23-14-42-101(125)94-39-27-36-89(78-94)86-32-5-3-6-33-86)99-71-76-130-123(84-99)136(116-54-19-10-45-104(116)105-46-11-20-55-117(105)136)120-58-30-51-112-109-49-16-26-63-128(109)141(130)133(112)120/h3-85H,1-2H3. The molecule has 0 N–H and O–H groups in total. The lowest BCUT2D eigenvalue weighted by Crippen LogP contribution is -2.33. The van der Waals surface area contributed by atoms with E-state index in [1.807, 2.05) is 0 Å². The van der Waals surface area contributed by atoms with Crippen molar-refractivity contribution in [2.24, 2.45) is 0 Å². The van der Waals surface area contributed by atoms with Crippen LogP contribution in [-0.2, 0) is 16.2 Å². The van der Waals surface area contributed by atoms with Crippen molar-refractivity contribution in [3.63, 3.8) is 0 Å². The van der Waals surface area contributed by atoms with Crippen molar-refractivity contribution in [1.29, 1.82) is 0 Å². The van der Waals surface area contributed by atoms with E-state index in [0.29, 0.717) is 0 Å². The molecule has 0 radical (unpaired) electrons. The lowest BCUT2D eigenvalue weighted by atomic mass is 9.65. The van der Waals surface area contributed by atoms with Crippen LogP contribution in [0.2, 0.25) is 0 Å². The van der Waals surface area contributed by atoms with Gasteiger partial charge in [0.15, 0.2) is 0 Å². The molecule has 142 heavy (non-hydrogen) atoms. The third kappa shape index (κ3) is 11.2. The molecule has 0 atom stereocenters. The average Bonchev–Trinajstić information content (AvgIpc) is 1.47. The Balaban J connectivity index is 0.556. The van der Waals surface area contributed by atoms with Crippen molar-refractivity contribution in [2.75, 3.05) is 9.80 Å². The van der Waals surface area contributed by atoms with E-state index >= 15 is 0 Å². The van der Waals surface area contributed by atoms with Crippen LogP contribution in [0.3, 0.4) is 0 Å². The van der Waals surface area contributed by atoms with Crippen LogP contribution in [0.25, 0.3) is 183 Å². The molecule has 0 fully saturated rings. The third-order valence-corrected chi connectivity index (χ3v) is 32.2. The molecule has 3 aromatic heterocycles. The van der Waals surface area contributed by atoms with E-state index in [0.717, 1.165) is 107 Å². The predicted octanol–water partition coefficient (Wildman–Crippen LogP) is 35.6. The molecule has 5 heterocycles. The maximum Gasteiger partial charge on any atom is 0.0755 e. The van der Waals surface area contributed by atoms with Gasteiger partial charge in [0.2, 0.25) is 0 Å². The second-order valence-electron chi connectivity index (χ2n) is 39.6. The summed E-state index contributed by atoms with van der Waals surface area (Å²) in [6.07, 6.45) is 0. The normalized spacial score (nSPS) is 13.6. The summed E-state index contributed by atoms with van der Waals surface area (Å²) < 4.78 is 7.67. The summed E-state index contributed by atoms with van der Waals surface area (Å²) in [5.41, 5.74) is 49.8. The van der Waals surface area contributed by atoms with Crippen LogP contribution in [0.4, 0.5) is 34.1 Å². The zero-order chi connectivity index (χ0) is 93.4. The van der Waals surface area contributed by atoms with E-state index in [9.17, 15) is 0 Å². The summed E-state index contributed by atoms with van der Waals surface area (Å²) in [4.78, 5) is 5.08. The van der Waals surface area contributed by atoms with Gasteiger partial charge in [-0.1, -0.05) is 390 Å². The molecule has 25 aromatic rings. The second-order valence-corrected chi connectivity index (χ2v) is 39.6. The van der Waals surface area contributed by atoms with Crippen LogP contribution in [0.15, 0.2) is 504 Å². The summed E-state index contributed by atoms with van der Waals surface area (Å²) >= 11 is 0. The van der Waals surface area contributed by atoms with Gasteiger partial charge in [-0.05, 0) is 272 Å². The van der Waals surface area contributed by atoms with Crippen molar-refractivity contribution in [2.45, 2.75) is 30.1 Å². The SMILES string of the molecule is CC1(C)c2ccccc2-c2ccc(N(c3ccc4c(c3)C3(c5ccccc5-c5ccccc53)c3cccc5c6ccc(-c7ccc8c(c7)c7ccccc7n8-c7cccc(-c8ccc(N(c9ccc%10c(c9)C9(c%11ccccc%11-c%11ccccc%119)c9cccc%11c%12ccccc%12n-%10c9%11)c9ccccc9-c9cccc(-c%10ccccc%10)c9)cc8)c7)cc6n-4c35)c3ccccc3-c3cccc(-c4ccccc4)c3)cc21. The number of nitrogens with zero attached hydrogens (tertiary/aromatic N) is 5. The number of anilines is 6. The van der Waals surface area contributed by atoms with Crippen molar-refractivity contribution in [1.82, 2.24) is 13.7 Å². The van der Waals surface area contributed by atoms with E-state index in [1.165, 1.54) is 166 Å². The van der Waals surface area contributed by atoms with Crippen molar-refractivity contribution >= 4 is 99.5 Å². The minimum atomic E-state index is -0.714. The van der Waals surface area contributed by atoms with Gasteiger partial charge in [0.25, 0.3) is 0 Å². The Labute approximate surface area is 823 Å². The fourth-order valence-electron chi connectivity index (χ4n) is 26.2. The summed E-state index contributed by atoms with van der Waals surface area (Å²) in [5.74, 6) is 0. The molecule has 5 heteroatoms. The van der Waals surface area contributed by atoms with Crippen molar-refractivity contribution in [3.8, 4) is 117 Å². The minimum Gasteiger partial charge on any atom is -0.310 e. The zero-order valence-corrected chi connectivity index (χ0v) is 78.2. The predicted molar refractivity (Wildman–Crippen MR) is 591 cm³/mol. The van der Waals surface area contributed by atoms with Crippen molar-refractivity contribution in [3.05, 3.63) is 559 Å². The Kier molecular flexibility index (Phi) is 17.1. The smallest absolute Gasteiger partial charge is 0.0755 e. The topological polar surface area (TPSA) is 21.3 Å². The van der Waals surface area contributed by atoms with Gasteiger partial charge in [-0.25, -0.2) is 0 Å². The highest BCUT2D eigenvalue weighted by atomic mass is 15.2. The van der Waals surface area contributed by atoms with Crippen molar-refractivity contribution < 1.29 is 0 Å². The largest absolute Gasteiger partial charge is 0.310 e. The van der Waals surface area contributed by atoms with Gasteiger partial charge in [0.05, 0.1) is 66.7 Å². The molecule has 5 nitrogen and oxygen atoms in total. The van der Waals surface area contributed by atoms with E-state index in [-0.39, 0.29) is 5.41 Å². The summed E-state index contributed by atoms with van der Waals surface area (Å²) in [7, 11) is 0. The van der Waals surface area contributed by atoms with Crippen LogP contribution in [-0.4, -0.2) is 13.7 Å². The summed E-state index contributed by atoms with van der Waals surface area (Å²) in [6, 6.07) is 191. The maximum atomic E-state index is 2.63. The fraction of sp³-hybridized carbons (Fsp3) is 0.0365. The van der Waals surface area contributed by atoms with Gasteiger partial charge >= 0.3 is 0 Å². The molecule has 0 amide bonds. The van der Waals surface area contributed by atoms with Crippen LogP contribution in [0, 0.1) is 0 Å². The fourth-order valence-corrected chi connectivity index (χ4v) is 26.2. The third-order valence-electron chi connectivity index (χ3n) is 32.2. The number of rotatable bonds is 13. The monoisotopic (exact) mass is 1800 g/mol. The van der Waals surface area contributed by atoms with Crippen LogP contribution in [0.1, 0.15) is 69.5 Å². The van der Waals surface area contributed by atoms with Gasteiger partial charge in [-0.2, -0.15) is 0 Å². The summed E-state index contributed by atoms with van der Waals surface area (Å²) in [6.45, 7) is 4.79. The first-order chi connectivity index (χ1) is 70.2. The average molecular weight is 1810 g/mol. The highest BCUT2D eigenvalue weighted by Crippen LogP contribution is 2.66. The van der Waals surface area contributed by atoms with Gasteiger partial charge in [-0.15, -0.1) is 0 Å². The number of fused-ring (bicyclic) bond motifs is 30. The van der Waals surface area contributed by atoms with E-state index in [4.69, 9.17) is 0 Å². The highest BCUT2D eigenvalue weighted by molar-refractivity contribution is 6.17. The molecule has 5 aliphatic rings. The lowest BCUT2D eigenvalue weighted by Gasteiger charge is -2.40. The molecular formula is C137H89N5. The number of hydrogen-bond donors (Lipinski definition) is 0. The molecule has 0 unspecified atom stereocenters. The molecule has 662 valence electrons. The molecule has 22 aromatic carbocycles. The first kappa shape index (κ1) is 80.0. The molecular weight excluding hydrogens is 1720 g/mol. The Morgan fingerprint density at radius 1 is 0.169 bits per heavy atom. The van der Waals surface area contributed by atoms with Crippen LogP contribution in [0.5, 0.6) is 0 Å². The molecule has 0 saturated heterocycles. The minimum absolute atomic E-state index is 0.243. The van der Waals surface area contributed by atoms with Crippen LogP contribution < -0.4 is 9.80 Å². The molecule has 0 saturated carbocycles. The van der Waals surface area contributed by atoms with E-state index in [2.05, 4.69) is 541 Å². The van der Waals surface area contributed by atoms with E-state index < -0.39 is 10.8 Å². The lowest BCUT2D eigenvalue weighted by molar-refractivity contribution is 0.660. The zero-order valence-electron chi connectivity index (χ0n) is 78.2. The first-order valence-corrected chi connectivity index (χ1v) is 49.6. The van der Waals surface area contributed by atoms with Gasteiger partial charge in [-0.3, -0.25) is 0 Å². The van der Waals surface area contributed by atoms with Gasteiger partial charge in [0.1, 0.15) is 0 Å². The Morgan fingerprint density at radius 3 is 1.04 bits per heavy atom. The Bertz CT molecular complexity index is 9580. The number of para-hydroxylation sites is 6. The molecule has 3 aliphatic carbocycles. The highest BCUT2D eigenvalue weighted by Gasteiger charge is 2.54. The molecule has 2 aliphatic heterocycles. The maximum absolute atomic E-state index is 2.63. The first-order valence-electron chi connectivity index (χ1n) is 49.6. The van der Waals surface area contributed by atoms with Crippen LogP contribution >= 0.6 is 0 Å². The Morgan fingerprint density at radius 2 is 0.500 bits per heavy atom.